The molecule has 0 aliphatic carbocycles. The molecule has 2 rings (SSSR count). The van der Waals surface area contributed by atoms with Gasteiger partial charge in [-0.3, -0.25) is 0 Å². The van der Waals surface area contributed by atoms with Crippen LogP contribution in [0.25, 0.3) is 0 Å². The molecule has 9 heavy (non-hydrogen) atoms. The largest absolute Gasteiger partial charge is 0.375 e. The van der Waals surface area contributed by atoms with Crippen LogP contribution < -0.4 is 0 Å². The number of hydrogen-bond acceptors (Lipinski definition) is 2. The van der Waals surface area contributed by atoms with Gasteiger partial charge in [0, 0.05) is 6.61 Å². The van der Waals surface area contributed by atoms with E-state index in [0.717, 1.165) is 13.2 Å². The second-order valence-corrected chi connectivity index (χ2v) is 2.78. The molecule has 0 N–H and O–H groups in total. The van der Waals surface area contributed by atoms with Gasteiger partial charge in [-0.15, -0.1) is 0 Å². The van der Waals surface area contributed by atoms with Crippen molar-refractivity contribution in [3.8, 4) is 0 Å². The van der Waals surface area contributed by atoms with Gasteiger partial charge in [-0.1, -0.05) is 0 Å². The van der Waals surface area contributed by atoms with Crippen molar-refractivity contribution in [2.75, 3.05) is 13.2 Å². The molecule has 0 radical (unpaired) electrons. The molecule has 0 bridgehead atoms. The van der Waals surface area contributed by atoms with Gasteiger partial charge in [0.15, 0.2) is 0 Å². The second kappa shape index (κ2) is 2.27. The Hall–Kier alpha value is -0.0800. The van der Waals surface area contributed by atoms with Gasteiger partial charge in [0.1, 0.15) is 6.10 Å². The standard InChI is InChI=1S/C7H12O2/c1-2-4-8-6(3-1)7-5-9-7/h6-7H,1-5H2. The molecular weight excluding hydrogens is 116 g/mol. The summed E-state index contributed by atoms with van der Waals surface area (Å²) in [5.41, 5.74) is 0. The maximum Gasteiger partial charge on any atom is 0.107 e. The minimum atomic E-state index is 0.443. The van der Waals surface area contributed by atoms with Gasteiger partial charge < -0.3 is 9.47 Å². The van der Waals surface area contributed by atoms with Crippen LogP contribution >= 0.6 is 0 Å². The van der Waals surface area contributed by atoms with Crippen LogP contribution in [-0.2, 0) is 9.47 Å². The zero-order valence-corrected chi connectivity index (χ0v) is 5.51. The third-order valence-corrected chi connectivity index (χ3v) is 1.99. The van der Waals surface area contributed by atoms with Crippen molar-refractivity contribution in [2.45, 2.75) is 31.5 Å². The SMILES string of the molecule is C1CCC(C2CO2)OC1. The summed E-state index contributed by atoms with van der Waals surface area (Å²) in [4.78, 5) is 0. The van der Waals surface area contributed by atoms with Crippen LogP contribution in [0.2, 0.25) is 0 Å². The Balaban J connectivity index is 1.80. The Morgan fingerprint density at radius 2 is 1.89 bits per heavy atom. The van der Waals surface area contributed by atoms with Crippen molar-refractivity contribution in [3.63, 3.8) is 0 Å². The van der Waals surface area contributed by atoms with E-state index in [1.54, 1.807) is 0 Å². The fraction of sp³-hybridized carbons (Fsp3) is 1.00. The van der Waals surface area contributed by atoms with Gasteiger partial charge in [0.05, 0.1) is 12.7 Å². The lowest BCUT2D eigenvalue weighted by Crippen LogP contribution is -2.24. The Bertz CT molecular complexity index is 93.1. The molecule has 2 heteroatoms. The lowest BCUT2D eigenvalue weighted by atomic mass is 10.1. The zero-order valence-electron chi connectivity index (χ0n) is 5.51. The van der Waals surface area contributed by atoms with Crippen LogP contribution in [0, 0.1) is 0 Å². The summed E-state index contributed by atoms with van der Waals surface area (Å²) in [7, 11) is 0. The van der Waals surface area contributed by atoms with E-state index in [0.29, 0.717) is 12.2 Å². The summed E-state index contributed by atoms with van der Waals surface area (Å²) in [6, 6.07) is 0. The third-order valence-electron chi connectivity index (χ3n) is 1.99. The number of hydrogen-bond donors (Lipinski definition) is 0. The predicted molar refractivity (Wildman–Crippen MR) is 33.3 cm³/mol. The maximum absolute atomic E-state index is 5.48. The average Bonchev–Trinajstić information content (AvgIpc) is 2.71. The molecule has 2 saturated heterocycles. The molecule has 2 aliphatic rings. The first-order valence-electron chi connectivity index (χ1n) is 3.70. The van der Waals surface area contributed by atoms with Gasteiger partial charge in [0.25, 0.3) is 0 Å². The summed E-state index contributed by atoms with van der Waals surface area (Å²) in [6.45, 7) is 1.88. The molecule has 2 atom stereocenters. The van der Waals surface area contributed by atoms with E-state index in [1.807, 2.05) is 0 Å². The van der Waals surface area contributed by atoms with Crippen LogP contribution in [0.15, 0.2) is 0 Å². The van der Waals surface area contributed by atoms with Crippen molar-refractivity contribution < 1.29 is 9.47 Å². The first-order chi connectivity index (χ1) is 4.47. The van der Waals surface area contributed by atoms with E-state index in [1.165, 1.54) is 19.3 Å². The molecule has 0 spiro atoms. The maximum atomic E-state index is 5.48. The molecule has 0 saturated carbocycles. The van der Waals surface area contributed by atoms with Crippen molar-refractivity contribution in [1.82, 2.24) is 0 Å². The molecule has 2 fully saturated rings. The first kappa shape index (κ1) is 5.69. The fourth-order valence-electron chi connectivity index (χ4n) is 1.33. The summed E-state index contributed by atoms with van der Waals surface area (Å²) in [5, 5.41) is 0. The minimum absolute atomic E-state index is 0.443. The molecule has 0 aromatic rings. The highest BCUT2D eigenvalue weighted by atomic mass is 16.6. The van der Waals surface area contributed by atoms with Gasteiger partial charge in [0.2, 0.25) is 0 Å². The molecule has 2 aliphatic heterocycles. The molecule has 0 aromatic carbocycles. The quantitative estimate of drug-likeness (QED) is 0.490. The highest BCUT2D eigenvalue weighted by molar-refractivity contribution is 4.81. The lowest BCUT2D eigenvalue weighted by Gasteiger charge is -2.20. The van der Waals surface area contributed by atoms with Crippen molar-refractivity contribution >= 4 is 0 Å². The third kappa shape index (κ3) is 1.25. The molecular formula is C7H12O2. The molecule has 2 heterocycles. The van der Waals surface area contributed by atoms with Crippen LogP contribution in [0.4, 0.5) is 0 Å². The van der Waals surface area contributed by atoms with E-state index in [2.05, 4.69) is 0 Å². The average molecular weight is 128 g/mol. The van der Waals surface area contributed by atoms with E-state index < -0.39 is 0 Å². The number of rotatable bonds is 1. The van der Waals surface area contributed by atoms with Gasteiger partial charge in [-0.05, 0) is 19.3 Å². The summed E-state index contributed by atoms with van der Waals surface area (Å²) >= 11 is 0. The first-order valence-corrected chi connectivity index (χ1v) is 3.70. The second-order valence-electron chi connectivity index (χ2n) is 2.78. The number of ether oxygens (including phenoxy) is 2. The lowest BCUT2D eigenvalue weighted by molar-refractivity contribution is -0.000571. The Labute approximate surface area is 55.1 Å². The van der Waals surface area contributed by atoms with Crippen LogP contribution in [0.3, 0.4) is 0 Å². The van der Waals surface area contributed by atoms with E-state index in [-0.39, 0.29) is 0 Å². The smallest absolute Gasteiger partial charge is 0.107 e. The molecule has 2 nitrogen and oxygen atoms in total. The van der Waals surface area contributed by atoms with E-state index in [4.69, 9.17) is 9.47 Å². The van der Waals surface area contributed by atoms with E-state index >= 15 is 0 Å². The Morgan fingerprint density at radius 3 is 2.44 bits per heavy atom. The molecule has 52 valence electrons. The fourth-order valence-corrected chi connectivity index (χ4v) is 1.33. The van der Waals surface area contributed by atoms with Crippen LogP contribution in [0.5, 0.6) is 0 Å². The predicted octanol–water partition coefficient (Wildman–Crippen LogP) is 0.954. The summed E-state index contributed by atoms with van der Waals surface area (Å²) in [5.74, 6) is 0. The zero-order chi connectivity index (χ0) is 6.10. The normalized spacial score (nSPS) is 42.7. The van der Waals surface area contributed by atoms with Crippen molar-refractivity contribution in [1.29, 1.82) is 0 Å². The van der Waals surface area contributed by atoms with Gasteiger partial charge >= 0.3 is 0 Å². The van der Waals surface area contributed by atoms with Crippen LogP contribution in [0.1, 0.15) is 19.3 Å². The minimum Gasteiger partial charge on any atom is -0.375 e. The molecule has 0 amide bonds. The van der Waals surface area contributed by atoms with Crippen molar-refractivity contribution in [3.05, 3.63) is 0 Å². The molecule has 2 unspecified atom stereocenters. The molecule has 0 aromatic heterocycles. The summed E-state index contributed by atoms with van der Waals surface area (Å²) in [6.07, 6.45) is 4.68. The van der Waals surface area contributed by atoms with E-state index in [9.17, 15) is 0 Å². The van der Waals surface area contributed by atoms with Crippen LogP contribution in [-0.4, -0.2) is 25.4 Å². The highest BCUT2D eigenvalue weighted by Crippen LogP contribution is 2.24. The van der Waals surface area contributed by atoms with Gasteiger partial charge in [-0.25, -0.2) is 0 Å². The van der Waals surface area contributed by atoms with Crippen molar-refractivity contribution in [2.24, 2.45) is 0 Å². The summed E-state index contributed by atoms with van der Waals surface area (Å²) < 4.78 is 10.6. The topological polar surface area (TPSA) is 21.8 Å². The Morgan fingerprint density at radius 1 is 1.00 bits per heavy atom. The Kier molecular flexibility index (Phi) is 1.44. The van der Waals surface area contributed by atoms with Gasteiger partial charge in [-0.2, -0.15) is 0 Å². The highest BCUT2D eigenvalue weighted by Gasteiger charge is 2.34. The number of epoxide rings is 1. The monoisotopic (exact) mass is 128 g/mol.